The first-order chi connectivity index (χ1) is 8.36. The highest BCUT2D eigenvalue weighted by molar-refractivity contribution is 7.92. The molecule has 0 unspecified atom stereocenters. The van der Waals surface area contributed by atoms with E-state index in [1.54, 1.807) is 20.8 Å². The summed E-state index contributed by atoms with van der Waals surface area (Å²) in [4.78, 5) is 13.6. The fourth-order valence-corrected chi connectivity index (χ4v) is 3.30. The lowest BCUT2D eigenvalue weighted by molar-refractivity contribution is 0.0656. The van der Waals surface area contributed by atoms with E-state index in [2.05, 4.69) is 5.16 Å². The van der Waals surface area contributed by atoms with Gasteiger partial charge in [0.05, 0.1) is 10.9 Å². The normalized spacial score (nSPS) is 16.7. The van der Waals surface area contributed by atoms with Gasteiger partial charge in [-0.05, 0) is 13.8 Å². The first-order valence-corrected chi connectivity index (χ1v) is 7.52. The molecular formula is C11H16N2O4S. The molecule has 0 atom stereocenters. The van der Waals surface area contributed by atoms with Gasteiger partial charge < -0.3 is 9.42 Å². The number of carbonyl (C=O) groups is 1. The van der Waals surface area contributed by atoms with E-state index in [1.807, 2.05) is 0 Å². The van der Waals surface area contributed by atoms with Crippen LogP contribution >= 0.6 is 0 Å². The number of amides is 1. The summed E-state index contributed by atoms with van der Waals surface area (Å²) in [5.41, 5.74) is 0.988. The Morgan fingerprint density at radius 2 is 2.06 bits per heavy atom. The van der Waals surface area contributed by atoms with Gasteiger partial charge in [-0.15, -0.1) is 0 Å². The van der Waals surface area contributed by atoms with Crippen LogP contribution in [0.1, 0.15) is 28.7 Å². The predicted molar refractivity (Wildman–Crippen MR) is 65.1 cm³/mol. The zero-order chi connectivity index (χ0) is 13.5. The average Bonchev–Trinajstić information content (AvgIpc) is 2.55. The Balaban J connectivity index is 2.08. The van der Waals surface area contributed by atoms with E-state index in [4.69, 9.17) is 4.52 Å². The van der Waals surface area contributed by atoms with Gasteiger partial charge in [-0.1, -0.05) is 12.1 Å². The molecule has 0 bridgehead atoms. The second-order valence-electron chi connectivity index (χ2n) is 4.48. The summed E-state index contributed by atoms with van der Waals surface area (Å²) in [7, 11) is -3.05. The fraction of sp³-hybridized carbons (Fsp3) is 0.636. The van der Waals surface area contributed by atoms with Crippen LogP contribution in [0.15, 0.2) is 4.52 Å². The molecule has 0 radical (unpaired) electrons. The number of rotatable bonds is 3. The van der Waals surface area contributed by atoms with Gasteiger partial charge in [-0.25, -0.2) is 8.42 Å². The van der Waals surface area contributed by atoms with Gasteiger partial charge in [0, 0.05) is 18.8 Å². The summed E-state index contributed by atoms with van der Waals surface area (Å²) in [5.74, 6) is 0.387. The molecule has 18 heavy (non-hydrogen) atoms. The third-order valence-electron chi connectivity index (χ3n) is 3.29. The zero-order valence-electron chi connectivity index (χ0n) is 10.6. The Hall–Kier alpha value is -1.37. The van der Waals surface area contributed by atoms with Gasteiger partial charge >= 0.3 is 0 Å². The van der Waals surface area contributed by atoms with Crippen molar-refractivity contribution in [1.82, 2.24) is 10.1 Å². The van der Waals surface area contributed by atoms with Crippen LogP contribution < -0.4 is 0 Å². The van der Waals surface area contributed by atoms with Gasteiger partial charge in [-0.2, -0.15) is 0 Å². The molecule has 0 aromatic carbocycles. The minimum Gasteiger partial charge on any atom is -0.361 e. The Bertz CT molecular complexity index is 550. The van der Waals surface area contributed by atoms with Crippen molar-refractivity contribution in [2.75, 3.05) is 18.8 Å². The van der Waals surface area contributed by atoms with E-state index in [9.17, 15) is 13.2 Å². The molecule has 2 heterocycles. The van der Waals surface area contributed by atoms with E-state index in [1.165, 1.54) is 4.90 Å². The van der Waals surface area contributed by atoms with Crippen molar-refractivity contribution in [3.63, 3.8) is 0 Å². The molecule has 1 amide bonds. The topological polar surface area (TPSA) is 80.5 Å². The molecule has 0 saturated carbocycles. The lowest BCUT2D eigenvalue weighted by atomic mass is 10.1. The predicted octanol–water partition coefficient (Wildman–Crippen LogP) is 0.551. The summed E-state index contributed by atoms with van der Waals surface area (Å²) in [6, 6.07) is 0. The van der Waals surface area contributed by atoms with Crippen LogP contribution in [0, 0.1) is 13.8 Å². The SMILES string of the molecule is CCS(=O)(=O)C1CN(C(=O)c2c(C)noc2C)C1. The molecule has 1 fully saturated rings. The summed E-state index contributed by atoms with van der Waals surface area (Å²) in [6.07, 6.45) is 0. The third kappa shape index (κ3) is 2.03. The monoisotopic (exact) mass is 272 g/mol. The first kappa shape index (κ1) is 13.1. The molecule has 6 nitrogen and oxygen atoms in total. The van der Waals surface area contributed by atoms with Crippen molar-refractivity contribution in [3.8, 4) is 0 Å². The van der Waals surface area contributed by atoms with Crippen LogP contribution in [0.5, 0.6) is 0 Å². The lowest BCUT2D eigenvalue weighted by Crippen LogP contribution is -2.57. The van der Waals surface area contributed by atoms with E-state index in [0.29, 0.717) is 17.0 Å². The first-order valence-electron chi connectivity index (χ1n) is 5.80. The largest absolute Gasteiger partial charge is 0.361 e. The number of aryl methyl sites for hydroxylation is 2. The number of hydrogen-bond donors (Lipinski definition) is 0. The maximum atomic E-state index is 12.1. The summed E-state index contributed by atoms with van der Waals surface area (Å²) < 4.78 is 28.1. The van der Waals surface area contributed by atoms with Crippen molar-refractivity contribution in [2.45, 2.75) is 26.0 Å². The van der Waals surface area contributed by atoms with E-state index in [-0.39, 0.29) is 24.7 Å². The Morgan fingerprint density at radius 1 is 1.44 bits per heavy atom. The Kier molecular flexibility index (Phi) is 3.18. The number of hydrogen-bond acceptors (Lipinski definition) is 5. The molecule has 2 rings (SSSR count). The summed E-state index contributed by atoms with van der Waals surface area (Å²) in [6.45, 7) is 5.52. The van der Waals surface area contributed by atoms with E-state index >= 15 is 0 Å². The van der Waals surface area contributed by atoms with E-state index < -0.39 is 15.1 Å². The second-order valence-corrected chi connectivity index (χ2v) is 7.05. The fourth-order valence-electron chi connectivity index (χ4n) is 2.01. The quantitative estimate of drug-likeness (QED) is 0.802. The van der Waals surface area contributed by atoms with Crippen LogP contribution in [0.4, 0.5) is 0 Å². The van der Waals surface area contributed by atoms with Gasteiger partial charge in [-0.3, -0.25) is 4.79 Å². The third-order valence-corrected chi connectivity index (χ3v) is 5.41. The number of sulfone groups is 1. The van der Waals surface area contributed by atoms with Crippen LogP contribution in [0.3, 0.4) is 0 Å². The highest BCUT2D eigenvalue weighted by atomic mass is 32.2. The lowest BCUT2D eigenvalue weighted by Gasteiger charge is -2.38. The van der Waals surface area contributed by atoms with Gasteiger partial charge in [0.15, 0.2) is 9.84 Å². The average molecular weight is 272 g/mol. The van der Waals surface area contributed by atoms with Crippen molar-refractivity contribution in [2.24, 2.45) is 0 Å². The molecule has 0 aliphatic carbocycles. The number of aromatic nitrogens is 1. The molecule has 100 valence electrons. The van der Waals surface area contributed by atoms with Gasteiger partial charge in [0.25, 0.3) is 5.91 Å². The molecule has 1 aliphatic heterocycles. The van der Waals surface area contributed by atoms with Gasteiger partial charge in [0.1, 0.15) is 11.3 Å². The second kappa shape index (κ2) is 4.38. The minimum atomic E-state index is -3.05. The maximum Gasteiger partial charge on any atom is 0.259 e. The number of likely N-dealkylation sites (tertiary alicyclic amines) is 1. The Labute approximate surface area is 106 Å². The number of carbonyl (C=O) groups excluding carboxylic acids is 1. The standard InChI is InChI=1S/C11H16N2O4S/c1-4-18(15,16)9-5-13(6-9)11(14)10-7(2)12-17-8(10)3/h9H,4-6H2,1-3H3. The molecule has 1 saturated heterocycles. The highest BCUT2D eigenvalue weighted by Gasteiger charge is 2.40. The molecule has 7 heteroatoms. The number of nitrogens with zero attached hydrogens (tertiary/aromatic N) is 2. The van der Waals surface area contributed by atoms with Crippen LogP contribution in [0.2, 0.25) is 0 Å². The van der Waals surface area contributed by atoms with Crippen LogP contribution in [-0.4, -0.2) is 48.5 Å². The molecule has 1 aliphatic rings. The van der Waals surface area contributed by atoms with Crippen LogP contribution in [-0.2, 0) is 9.84 Å². The molecule has 0 N–H and O–H groups in total. The van der Waals surface area contributed by atoms with Crippen LogP contribution in [0.25, 0.3) is 0 Å². The molecule has 1 aromatic heterocycles. The van der Waals surface area contributed by atoms with Crippen molar-refractivity contribution >= 4 is 15.7 Å². The smallest absolute Gasteiger partial charge is 0.259 e. The highest BCUT2D eigenvalue weighted by Crippen LogP contribution is 2.22. The molecule has 1 aromatic rings. The van der Waals surface area contributed by atoms with Crippen molar-refractivity contribution < 1.29 is 17.7 Å². The zero-order valence-corrected chi connectivity index (χ0v) is 11.5. The Morgan fingerprint density at radius 3 is 2.50 bits per heavy atom. The van der Waals surface area contributed by atoms with Crippen molar-refractivity contribution in [1.29, 1.82) is 0 Å². The van der Waals surface area contributed by atoms with Gasteiger partial charge in [0.2, 0.25) is 0 Å². The summed E-state index contributed by atoms with van der Waals surface area (Å²) >= 11 is 0. The van der Waals surface area contributed by atoms with Crippen molar-refractivity contribution in [3.05, 3.63) is 17.0 Å². The molecule has 0 spiro atoms. The molecular weight excluding hydrogens is 256 g/mol. The van der Waals surface area contributed by atoms with E-state index in [0.717, 1.165) is 0 Å². The summed E-state index contributed by atoms with van der Waals surface area (Å²) in [5, 5.41) is 3.30. The maximum absolute atomic E-state index is 12.1. The minimum absolute atomic E-state index is 0.116.